The van der Waals surface area contributed by atoms with Crippen LogP contribution in [0, 0.1) is 0 Å². The average Bonchev–Trinajstić information content (AvgIpc) is 3.28. The van der Waals surface area contributed by atoms with E-state index in [0.717, 1.165) is 24.2 Å². The quantitative estimate of drug-likeness (QED) is 0.452. The van der Waals surface area contributed by atoms with Gasteiger partial charge >= 0.3 is 0 Å². The highest BCUT2D eigenvalue weighted by atomic mass is 16.2. The predicted molar refractivity (Wildman–Crippen MR) is 127 cm³/mol. The zero-order valence-corrected chi connectivity index (χ0v) is 18.7. The summed E-state index contributed by atoms with van der Waals surface area (Å²) in [6.45, 7) is 10.1. The number of aromatic nitrogens is 1. The van der Waals surface area contributed by atoms with E-state index in [1.54, 1.807) is 6.21 Å². The Labute approximate surface area is 184 Å². The number of rotatable bonds is 5. The predicted octanol–water partition coefficient (Wildman–Crippen LogP) is 5.35. The van der Waals surface area contributed by atoms with Crippen molar-refractivity contribution in [1.29, 1.82) is 0 Å². The Morgan fingerprint density at radius 2 is 1.87 bits per heavy atom. The van der Waals surface area contributed by atoms with E-state index in [9.17, 15) is 4.79 Å². The van der Waals surface area contributed by atoms with Crippen LogP contribution in [0.25, 0.3) is 5.69 Å². The third-order valence-electron chi connectivity index (χ3n) is 6.14. The summed E-state index contributed by atoms with van der Waals surface area (Å²) in [7, 11) is 0. The molecule has 1 aliphatic rings. The van der Waals surface area contributed by atoms with Gasteiger partial charge in [-0.25, -0.2) is 5.43 Å². The molecule has 0 aliphatic carbocycles. The summed E-state index contributed by atoms with van der Waals surface area (Å²) in [6.07, 6.45) is 6.68. The second kappa shape index (κ2) is 8.42. The maximum atomic E-state index is 12.7. The Bertz CT molecular complexity index is 1100. The van der Waals surface area contributed by atoms with Gasteiger partial charge in [0.05, 0.1) is 17.5 Å². The first-order valence-corrected chi connectivity index (χ1v) is 10.9. The normalized spacial score (nSPS) is 17.5. The summed E-state index contributed by atoms with van der Waals surface area (Å²) in [5.41, 5.74) is 7.86. The number of carbonyl (C=O) groups is 1. The first kappa shape index (κ1) is 20.9. The zero-order valence-electron chi connectivity index (χ0n) is 18.7. The molecule has 1 unspecified atom stereocenters. The monoisotopic (exact) mass is 414 g/mol. The van der Waals surface area contributed by atoms with Crippen molar-refractivity contribution in [2.24, 2.45) is 5.10 Å². The molecule has 1 aromatic heterocycles. The fraction of sp³-hybridized carbons (Fsp3) is 0.308. The summed E-state index contributed by atoms with van der Waals surface area (Å²) in [6, 6.07) is 17.8. The minimum atomic E-state index is -0.231. The van der Waals surface area contributed by atoms with Crippen molar-refractivity contribution in [3.8, 4) is 5.69 Å². The Morgan fingerprint density at radius 1 is 1.13 bits per heavy atom. The fourth-order valence-electron chi connectivity index (χ4n) is 4.80. The van der Waals surface area contributed by atoms with Gasteiger partial charge < -0.3 is 9.47 Å². The number of nitrogens with zero attached hydrogens (tertiary/aromatic N) is 3. The molecule has 0 saturated heterocycles. The van der Waals surface area contributed by atoms with Crippen molar-refractivity contribution in [3.63, 3.8) is 0 Å². The lowest BCUT2D eigenvalue weighted by atomic mass is 9.79. The van der Waals surface area contributed by atoms with Crippen molar-refractivity contribution in [2.75, 3.05) is 11.4 Å². The van der Waals surface area contributed by atoms with Gasteiger partial charge in [-0.1, -0.05) is 25.1 Å². The van der Waals surface area contributed by atoms with Crippen molar-refractivity contribution in [1.82, 2.24) is 9.99 Å². The van der Waals surface area contributed by atoms with Gasteiger partial charge in [0.25, 0.3) is 5.91 Å². The Kier molecular flexibility index (Phi) is 5.68. The van der Waals surface area contributed by atoms with Crippen LogP contribution in [-0.2, 0) is 0 Å². The molecule has 0 fully saturated rings. The SMILES string of the molecule is CCN1c2ccc(/C=N\NC(=O)c3ccccc3-n3cccc3)cc2C(C)CC1(C)C. The number of carbonyl (C=O) groups excluding carboxylic acids is 1. The van der Waals surface area contributed by atoms with Crippen molar-refractivity contribution in [2.45, 2.75) is 45.6 Å². The van der Waals surface area contributed by atoms with E-state index in [-0.39, 0.29) is 11.4 Å². The maximum absolute atomic E-state index is 12.7. The van der Waals surface area contributed by atoms with E-state index in [1.807, 2.05) is 53.4 Å². The number of fused-ring (bicyclic) bond motifs is 1. The van der Waals surface area contributed by atoms with Gasteiger partial charge in [-0.15, -0.1) is 0 Å². The van der Waals surface area contributed by atoms with Crippen molar-refractivity contribution < 1.29 is 4.79 Å². The van der Waals surface area contributed by atoms with Gasteiger partial charge in [0.1, 0.15) is 0 Å². The van der Waals surface area contributed by atoms with E-state index in [1.165, 1.54) is 11.3 Å². The first-order chi connectivity index (χ1) is 14.9. The van der Waals surface area contributed by atoms with Crippen LogP contribution >= 0.6 is 0 Å². The number of para-hydroxylation sites is 1. The molecule has 1 atom stereocenters. The lowest BCUT2D eigenvalue weighted by Gasteiger charge is -2.47. The van der Waals surface area contributed by atoms with E-state index >= 15 is 0 Å². The zero-order chi connectivity index (χ0) is 22.0. The van der Waals surface area contributed by atoms with E-state index < -0.39 is 0 Å². The molecule has 0 radical (unpaired) electrons. The lowest BCUT2D eigenvalue weighted by Crippen LogP contribution is -2.48. The van der Waals surface area contributed by atoms with Crippen LogP contribution in [0.3, 0.4) is 0 Å². The molecule has 3 aromatic rings. The third kappa shape index (κ3) is 4.13. The minimum absolute atomic E-state index is 0.151. The number of nitrogens with one attached hydrogen (secondary N) is 1. The van der Waals surface area contributed by atoms with E-state index in [2.05, 4.69) is 61.3 Å². The molecular weight excluding hydrogens is 384 g/mol. The molecular formula is C26H30N4O. The van der Waals surface area contributed by atoms with Crippen molar-refractivity contribution in [3.05, 3.63) is 83.7 Å². The highest BCUT2D eigenvalue weighted by Gasteiger charge is 2.35. The molecule has 31 heavy (non-hydrogen) atoms. The summed E-state index contributed by atoms with van der Waals surface area (Å²) >= 11 is 0. The largest absolute Gasteiger partial charge is 0.366 e. The Morgan fingerprint density at radius 3 is 2.61 bits per heavy atom. The molecule has 1 aliphatic heterocycles. The van der Waals surface area contributed by atoms with Gasteiger partial charge in [0.15, 0.2) is 0 Å². The van der Waals surface area contributed by atoms with Crippen molar-refractivity contribution >= 4 is 17.8 Å². The second-order valence-corrected chi connectivity index (χ2v) is 8.79. The first-order valence-electron chi connectivity index (χ1n) is 10.9. The van der Waals surface area contributed by atoms with Crippen LogP contribution < -0.4 is 10.3 Å². The van der Waals surface area contributed by atoms with Gasteiger partial charge in [0.2, 0.25) is 0 Å². The van der Waals surface area contributed by atoms with E-state index in [0.29, 0.717) is 11.5 Å². The smallest absolute Gasteiger partial charge is 0.273 e. The van der Waals surface area contributed by atoms with Crippen LogP contribution in [0.15, 0.2) is 72.1 Å². The van der Waals surface area contributed by atoms with Crippen LogP contribution in [0.2, 0.25) is 0 Å². The number of anilines is 1. The average molecular weight is 415 g/mol. The maximum Gasteiger partial charge on any atom is 0.273 e. The van der Waals surface area contributed by atoms with Gasteiger partial charge in [0, 0.05) is 30.2 Å². The molecule has 5 nitrogen and oxygen atoms in total. The van der Waals surface area contributed by atoms with Crippen LogP contribution in [0.1, 0.15) is 61.5 Å². The second-order valence-electron chi connectivity index (χ2n) is 8.79. The lowest BCUT2D eigenvalue weighted by molar-refractivity contribution is 0.0955. The molecule has 2 aromatic carbocycles. The Hall–Kier alpha value is -3.34. The molecule has 1 N–H and O–H groups in total. The molecule has 160 valence electrons. The van der Waals surface area contributed by atoms with E-state index in [4.69, 9.17) is 0 Å². The standard InChI is InChI=1S/C26H30N4O/c1-5-30-24-13-12-20(16-22(24)19(2)17-26(30,3)4)18-27-28-25(31)21-10-6-7-11-23(21)29-14-8-9-15-29/h6-16,18-19H,5,17H2,1-4H3,(H,28,31)/b27-18-. The van der Waals surface area contributed by atoms with Gasteiger partial charge in [-0.2, -0.15) is 5.10 Å². The number of hydrogen-bond donors (Lipinski definition) is 1. The number of benzene rings is 2. The number of hydrogen-bond acceptors (Lipinski definition) is 3. The minimum Gasteiger partial charge on any atom is -0.366 e. The summed E-state index contributed by atoms with van der Waals surface area (Å²) in [5, 5.41) is 4.23. The summed E-state index contributed by atoms with van der Waals surface area (Å²) < 4.78 is 1.92. The number of hydrazone groups is 1. The molecule has 0 saturated carbocycles. The topological polar surface area (TPSA) is 49.6 Å². The highest BCUT2D eigenvalue weighted by molar-refractivity contribution is 5.98. The number of amides is 1. The van der Waals surface area contributed by atoms with Gasteiger partial charge in [-0.05, 0) is 80.6 Å². The molecule has 2 heterocycles. The van der Waals surface area contributed by atoms with Crippen LogP contribution in [-0.4, -0.2) is 28.8 Å². The summed E-state index contributed by atoms with van der Waals surface area (Å²) in [5.74, 6) is 0.245. The molecule has 0 spiro atoms. The Balaban J connectivity index is 1.52. The van der Waals surface area contributed by atoms with Crippen LogP contribution in [0.4, 0.5) is 5.69 Å². The molecule has 0 bridgehead atoms. The molecule has 5 heteroatoms. The summed E-state index contributed by atoms with van der Waals surface area (Å²) in [4.78, 5) is 15.2. The molecule has 4 rings (SSSR count). The van der Waals surface area contributed by atoms with Gasteiger partial charge in [-0.3, -0.25) is 4.79 Å². The highest BCUT2D eigenvalue weighted by Crippen LogP contribution is 2.43. The van der Waals surface area contributed by atoms with Crippen LogP contribution in [0.5, 0.6) is 0 Å². The molecule has 1 amide bonds. The third-order valence-corrected chi connectivity index (χ3v) is 6.14. The fourth-order valence-corrected chi connectivity index (χ4v) is 4.80.